The van der Waals surface area contributed by atoms with Gasteiger partial charge in [-0.2, -0.15) is 0 Å². The average molecular weight is 490 g/mol. The second kappa shape index (κ2) is 12.4. The fourth-order valence-corrected chi connectivity index (χ4v) is 4.76. The summed E-state index contributed by atoms with van der Waals surface area (Å²) in [5.41, 5.74) is 2.46. The second-order valence-electron chi connectivity index (χ2n) is 8.16. The van der Waals surface area contributed by atoms with Crippen LogP contribution in [-0.4, -0.2) is 58.1 Å². The van der Waals surface area contributed by atoms with Gasteiger partial charge in [0.15, 0.2) is 0 Å². The first-order valence-corrected chi connectivity index (χ1v) is 13.1. The van der Waals surface area contributed by atoms with Crippen molar-refractivity contribution in [1.29, 1.82) is 0 Å². The molecule has 0 aromatic heterocycles. The van der Waals surface area contributed by atoms with Crippen LogP contribution >= 0.6 is 0 Å². The number of nitrogens with zero attached hydrogens (tertiary/aromatic N) is 2. The fraction of sp³-hybridized carbons (Fsp3) is 0.440. The molecule has 0 saturated carbocycles. The van der Waals surface area contributed by atoms with Crippen molar-refractivity contribution in [2.24, 2.45) is 0 Å². The molecular weight excluding hydrogens is 454 g/mol. The Morgan fingerprint density at radius 3 is 2.29 bits per heavy atom. The van der Waals surface area contributed by atoms with Crippen LogP contribution in [0.5, 0.6) is 5.75 Å². The molecule has 186 valence electrons. The van der Waals surface area contributed by atoms with E-state index in [1.807, 2.05) is 38.1 Å². The van der Waals surface area contributed by atoms with E-state index < -0.39 is 16.1 Å². The molecule has 2 rings (SSSR count). The number of carbonyl (C=O) groups is 2. The molecule has 0 heterocycles. The molecule has 2 aromatic rings. The first-order valence-electron chi connectivity index (χ1n) is 11.3. The van der Waals surface area contributed by atoms with Crippen LogP contribution in [0, 0.1) is 6.92 Å². The van der Waals surface area contributed by atoms with Crippen molar-refractivity contribution in [2.75, 3.05) is 31.3 Å². The molecule has 0 bridgehead atoms. The maximum absolute atomic E-state index is 13.3. The van der Waals surface area contributed by atoms with Gasteiger partial charge in [-0.1, -0.05) is 48.9 Å². The Hall–Kier alpha value is -3.07. The van der Waals surface area contributed by atoms with Gasteiger partial charge in [0, 0.05) is 26.6 Å². The largest absolute Gasteiger partial charge is 0.495 e. The molecule has 0 aliphatic carbocycles. The number of carbonyl (C=O) groups excluding carboxylic acids is 2. The van der Waals surface area contributed by atoms with Gasteiger partial charge in [0.25, 0.3) is 0 Å². The third-order valence-electron chi connectivity index (χ3n) is 5.61. The van der Waals surface area contributed by atoms with Crippen LogP contribution in [0.4, 0.5) is 5.69 Å². The van der Waals surface area contributed by atoms with Crippen molar-refractivity contribution in [3.63, 3.8) is 0 Å². The van der Waals surface area contributed by atoms with Crippen molar-refractivity contribution in [2.45, 2.75) is 45.7 Å². The zero-order valence-corrected chi connectivity index (χ0v) is 21.4. The van der Waals surface area contributed by atoms with Gasteiger partial charge < -0.3 is 15.0 Å². The topological polar surface area (TPSA) is 96.0 Å². The number of aryl methyl sites for hydroxylation is 1. The molecule has 0 spiro atoms. The Morgan fingerprint density at radius 2 is 1.74 bits per heavy atom. The highest BCUT2D eigenvalue weighted by Crippen LogP contribution is 2.29. The number of sulfonamides is 1. The Morgan fingerprint density at radius 1 is 1.09 bits per heavy atom. The van der Waals surface area contributed by atoms with Gasteiger partial charge in [-0.15, -0.1) is 0 Å². The van der Waals surface area contributed by atoms with Gasteiger partial charge in [-0.05, 0) is 37.5 Å². The summed E-state index contributed by atoms with van der Waals surface area (Å²) >= 11 is 0. The van der Waals surface area contributed by atoms with Crippen LogP contribution in [-0.2, 0) is 26.2 Å². The number of para-hydroxylation sites is 2. The molecule has 9 heteroatoms. The normalized spacial score (nSPS) is 12.0. The Kier molecular flexibility index (Phi) is 9.92. The number of amides is 2. The Labute approximate surface area is 202 Å². The smallest absolute Gasteiger partial charge is 0.242 e. The zero-order chi connectivity index (χ0) is 25.3. The quantitative estimate of drug-likeness (QED) is 0.494. The average Bonchev–Trinajstić information content (AvgIpc) is 2.81. The predicted molar refractivity (Wildman–Crippen MR) is 134 cm³/mol. The SMILES string of the molecule is CCC(C(=O)NC)N(Cc1ccc(C)cc1)C(=O)CCCN(c1ccccc1OC)S(C)(=O)=O. The summed E-state index contributed by atoms with van der Waals surface area (Å²) in [6.45, 7) is 4.26. The molecule has 2 aromatic carbocycles. The maximum Gasteiger partial charge on any atom is 0.242 e. The Bertz CT molecular complexity index is 1070. The molecule has 0 radical (unpaired) electrons. The van der Waals surface area contributed by atoms with Crippen molar-refractivity contribution < 1.29 is 22.7 Å². The number of anilines is 1. The summed E-state index contributed by atoms with van der Waals surface area (Å²) in [6.07, 6.45) is 1.98. The minimum Gasteiger partial charge on any atom is -0.495 e. The van der Waals surface area contributed by atoms with Gasteiger partial charge in [0.05, 0.1) is 19.1 Å². The maximum atomic E-state index is 13.3. The monoisotopic (exact) mass is 489 g/mol. The van der Waals surface area contributed by atoms with Gasteiger partial charge in [-0.3, -0.25) is 13.9 Å². The minimum atomic E-state index is -3.60. The molecule has 1 atom stereocenters. The number of rotatable bonds is 12. The number of ether oxygens (including phenoxy) is 1. The molecule has 2 amide bonds. The predicted octanol–water partition coefficient (Wildman–Crippen LogP) is 3.10. The summed E-state index contributed by atoms with van der Waals surface area (Å²) in [6, 6.07) is 14.1. The highest BCUT2D eigenvalue weighted by Gasteiger charge is 2.28. The summed E-state index contributed by atoms with van der Waals surface area (Å²) in [7, 11) is -0.562. The first-order chi connectivity index (χ1) is 16.1. The van der Waals surface area contributed by atoms with E-state index in [0.717, 1.165) is 17.4 Å². The standard InChI is InChI=1S/C25H35N3O5S/c1-6-21(25(30)26-3)27(18-20-15-13-19(2)14-16-20)24(29)12-9-17-28(34(5,31)32)22-10-7-8-11-23(22)33-4/h7-8,10-11,13-16,21H,6,9,12,17-18H2,1-5H3,(H,26,30). The van der Waals surface area contributed by atoms with Crippen LogP contribution in [0.1, 0.15) is 37.3 Å². The van der Waals surface area contributed by atoms with E-state index in [1.165, 1.54) is 11.4 Å². The van der Waals surface area contributed by atoms with Gasteiger partial charge >= 0.3 is 0 Å². The number of benzene rings is 2. The highest BCUT2D eigenvalue weighted by atomic mass is 32.2. The molecule has 0 aliphatic rings. The van der Waals surface area contributed by atoms with E-state index in [9.17, 15) is 18.0 Å². The van der Waals surface area contributed by atoms with Crippen LogP contribution in [0.15, 0.2) is 48.5 Å². The van der Waals surface area contributed by atoms with E-state index in [0.29, 0.717) is 30.8 Å². The van der Waals surface area contributed by atoms with E-state index >= 15 is 0 Å². The summed E-state index contributed by atoms with van der Waals surface area (Å²) in [5.74, 6) is 0.00478. The Balaban J connectivity index is 2.21. The van der Waals surface area contributed by atoms with E-state index in [-0.39, 0.29) is 24.8 Å². The van der Waals surface area contributed by atoms with Crippen LogP contribution in [0.3, 0.4) is 0 Å². The third-order valence-corrected chi connectivity index (χ3v) is 6.79. The first kappa shape index (κ1) is 27.2. The number of nitrogens with one attached hydrogen (secondary N) is 1. The fourth-order valence-electron chi connectivity index (χ4n) is 3.79. The van der Waals surface area contributed by atoms with Crippen molar-refractivity contribution in [3.05, 3.63) is 59.7 Å². The number of likely N-dealkylation sites (N-methyl/N-ethyl adjacent to an activating group) is 1. The lowest BCUT2D eigenvalue weighted by Crippen LogP contribution is -2.48. The number of hydrogen-bond acceptors (Lipinski definition) is 5. The summed E-state index contributed by atoms with van der Waals surface area (Å²) in [4.78, 5) is 27.4. The number of methoxy groups -OCH3 is 1. The van der Waals surface area contributed by atoms with Gasteiger partial charge in [-0.25, -0.2) is 8.42 Å². The second-order valence-corrected chi connectivity index (χ2v) is 10.1. The molecule has 0 aliphatic heterocycles. The van der Waals surface area contributed by atoms with Crippen molar-refractivity contribution in [1.82, 2.24) is 10.2 Å². The molecule has 1 unspecified atom stereocenters. The van der Waals surface area contributed by atoms with E-state index in [4.69, 9.17) is 4.74 Å². The third kappa shape index (κ3) is 7.21. The summed E-state index contributed by atoms with van der Waals surface area (Å²) in [5, 5.41) is 2.64. The summed E-state index contributed by atoms with van der Waals surface area (Å²) < 4.78 is 31.5. The van der Waals surface area contributed by atoms with Crippen LogP contribution in [0.2, 0.25) is 0 Å². The van der Waals surface area contributed by atoms with Crippen molar-refractivity contribution >= 4 is 27.5 Å². The lowest BCUT2D eigenvalue weighted by Gasteiger charge is -2.31. The van der Waals surface area contributed by atoms with Crippen LogP contribution < -0.4 is 14.4 Å². The highest BCUT2D eigenvalue weighted by molar-refractivity contribution is 7.92. The molecule has 8 nitrogen and oxygen atoms in total. The lowest BCUT2D eigenvalue weighted by atomic mass is 10.1. The van der Waals surface area contributed by atoms with Gasteiger partial charge in [0.2, 0.25) is 21.8 Å². The minimum absolute atomic E-state index is 0.0977. The van der Waals surface area contributed by atoms with Gasteiger partial charge in [0.1, 0.15) is 11.8 Å². The lowest BCUT2D eigenvalue weighted by molar-refractivity contribution is -0.141. The zero-order valence-electron chi connectivity index (χ0n) is 20.6. The molecule has 1 N–H and O–H groups in total. The molecule has 0 saturated heterocycles. The van der Waals surface area contributed by atoms with Crippen molar-refractivity contribution in [3.8, 4) is 5.75 Å². The van der Waals surface area contributed by atoms with E-state index in [2.05, 4.69) is 5.32 Å². The van der Waals surface area contributed by atoms with E-state index in [1.54, 1.807) is 36.2 Å². The number of hydrogen-bond donors (Lipinski definition) is 1. The molecular formula is C25H35N3O5S. The van der Waals surface area contributed by atoms with Crippen LogP contribution in [0.25, 0.3) is 0 Å². The molecule has 34 heavy (non-hydrogen) atoms. The molecule has 0 fully saturated rings.